The Morgan fingerprint density at radius 3 is 2.07 bits per heavy atom. The molecule has 0 bridgehead atoms. The topological polar surface area (TPSA) is 197 Å². The van der Waals surface area contributed by atoms with Crippen molar-refractivity contribution in [3.05, 3.63) is 83.4 Å². The Bertz CT molecular complexity index is 1470. The molecule has 10 atom stereocenters. The van der Waals surface area contributed by atoms with Crippen LogP contribution in [0.25, 0.3) is 22.3 Å². The number of aliphatic hydroxyl groups excluding tert-OH is 8. The molecule has 242 valence electrons. The van der Waals surface area contributed by atoms with Crippen LogP contribution in [0.3, 0.4) is 0 Å². The monoisotopic (exact) mass is 624 g/mol. The summed E-state index contributed by atoms with van der Waals surface area (Å²) in [5.41, 5.74) is 4.84. The molecule has 11 heteroatoms. The second kappa shape index (κ2) is 14.0. The minimum absolute atomic E-state index is 0.0484. The van der Waals surface area contributed by atoms with Crippen molar-refractivity contribution >= 4 is 5.97 Å². The van der Waals surface area contributed by atoms with Crippen LogP contribution in [0.4, 0.5) is 0 Å². The molecule has 5 rings (SSSR count). The van der Waals surface area contributed by atoms with Crippen LogP contribution in [0.2, 0.25) is 0 Å². The first kappa shape index (κ1) is 33.1. The Labute approximate surface area is 260 Å². The largest absolute Gasteiger partial charge is 0.469 e. The molecule has 3 aromatic rings. The van der Waals surface area contributed by atoms with Gasteiger partial charge in [0.2, 0.25) is 0 Å². The lowest BCUT2D eigenvalue weighted by atomic mass is 9.73. The van der Waals surface area contributed by atoms with Gasteiger partial charge < -0.3 is 50.3 Å². The molecule has 8 N–H and O–H groups in total. The molecule has 0 amide bonds. The summed E-state index contributed by atoms with van der Waals surface area (Å²) >= 11 is 0. The molecule has 0 aromatic heterocycles. The van der Waals surface area contributed by atoms with E-state index in [1.54, 1.807) is 18.2 Å². The first-order chi connectivity index (χ1) is 21.6. The second-order valence-electron chi connectivity index (χ2n) is 11.9. The van der Waals surface area contributed by atoms with Crippen molar-refractivity contribution in [3.63, 3.8) is 0 Å². The Morgan fingerprint density at radius 1 is 0.733 bits per heavy atom. The van der Waals surface area contributed by atoms with Gasteiger partial charge in [-0.05, 0) is 57.5 Å². The lowest BCUT2D eigenvalue weighted by molar-refractivity contribution is -0.231. The van der Waals surface area contributed by atoms with Crippen molar-refractivity contribution in [3.8, 4) is 22.3 Å². The van der Waals surface area contributed by atoms with Gasteiger partial charge in [0.05, 0.1) is 32.3 Å². The van der Waals surface area contributed by atoms with Gasteiger partial charge in [-0.3, -0.25) is 4.79 Å². The molecule has 1 aliphatic carbocycles. The van der Waals surface area contributed by atoms with Crippen LogP contribution in [0, 0.1) is 5.92 Å². The predicted molar refractivity (Wildman–Crippen MR) is 162 cm³/mol. The quantitative estimate of drug-likeness (QED) is 0.162. The number of hydrogen-bond donors (Lipinski definition) is 8. The molecule has 1 saturated heterocycles. The third kappa shape index (κ3) is 6.68. The molecule has 2 fully saturated rings. The second-order valence-corrected chi connectivity index (χ2v) is 11.9. The van der Waals surface area contributed by atoms with Crippen molar-refractivity contribution in [1.29, 1.82) is 0 Å². The molecule has 0 spiro atoms. The lowest BCUT2D eigenvalue weighted by Crippen LogP contribution is -2.55. The molecule has 0 unspecified atom stereocenters. The summed E-state index contributed by atoms with van der Waals surface area (Å²) in [6.07, 6.45) is -10.1. The number of methoxy groups -OCH3 is 1. The van der Waals surface area contributed by atoms with Crippen LogP contribution >= 0.6 is 0 Å². The highest BCUT2D eigenvalue weighted by molar-refractivity contribution is 5.81. The number of benzene rings is 3. The van der Waals surface area contributed by atoms with Crippen LogP contribution < -0.4 is 0 Å². The summed E-state index contributed by atoms with van der Waals surface area (Å²) < 4.78 is 10.7. The SMILES string of the molecule is COC(=O)Cc1cc(-c2cccc([C@H]3C[C@H](CO)[C@@H](O)[C@H](O)[C@@H]3O)c2)ccc1-c1cccc([C@H]2O[C@H](CO)[C@@H](O)[C@H](O)[C@@H]2O)c1. The molecule has 2 aliphatic rings. The third-order valence-corrected chi connectivity index (χ3v) is 9.12. The zero-order chi connectivity index (χ0) is 32.4. The molecular weight excluding hydrogens is 584 g/mol. The number of aliphatic hydroxyl groups is 8. The van der Waals surface area contributed by atoms with Crippen molar-refractivity contribution in [1.82, 2.24) is 0 Å². The van der Waals surface area contributed by atoms with Gasteiger partial charge in [0, 0.05) is 18.4 Å². The van der Waals surface area contributed by atoms with Gasteiger partial charge in [0.15, 0.2) is 0 Å². The highest BCUT2D eigenvalue weighted by Crippen LogP contribution is 2.39. The number of rotatable bonds is 8. The van der Waals surface area contributed by atoms with Crippen LogP contribution in [-0.4, -0.2) is 110 Å². The first-order valence-electron chi connectivity index (χ1n) is 14.9. The van der Waals surface area contributed by atoms with Gasteiger partial charge in [0.25, 0.3) is 0 Å². The number of esters is 1. The van der Waals surface area contributed by atoms with Gasteiger partial charge in [-0.15, -0.1) is 0 Å². The van der Waals surface area contributed by atoms with Gasteiger partial charge in [0.1, 0.15) is 36.6 Å². The maximum Gasteiger partial charge on any atom is 0.310 e. The number of carbonyl (C=O) groups is 1. The van der Waals surface area contributed by atoms with Gasteiger partial charge in [-0.2, -0.15) is 0 Å². The Morgan fingerprint density at radius 2 is 1.38 bits per heavy atom. The fourth-order valence-electron chi connectivity index (χ4n) is 6.48. The molecule has 1 aliphatic heterocycles. The van der Waals surface area contributed by atoms with Gasteiger partial charge >= 0.3 is 5.97 Å². The molecule has 3 aromatic carbocycles. The zero-order valence-corrected chi connectivity index (χ0v) is 24.8. The zero-order valence-electron chi connectivity index (χ0n) is 24.8. The van der Waals surface area contributed by atoms with E-state index in [0.29, 0.717) is 22.3 Å². The van der Waals surface area contributed by atoms with E-state index in [1.165, 1.54) is 7.11 Å². The van der Waals surface area contributed by atoms with Crippen LogP contribution in [0.1, 0.15) is 35.1 Å². The van der Waals surface area contributed by atoms with Crippen molar-refractivity contribution in [2.75, 3.05) is 20.3 Å². The predicted octanol–water partition coefficient (Wildman–Crippen LogP) is 0.429. The maximum absolute atomic E-state index is 12.5. The average Bonchev–Trinajstić information content (AvgIpc) is 3.06. The minimum atomic E-state index is -1.52. The summed E-state index contributed by atoms with van der Waals surface area (Å²) in [4.78, 5) is 12.5. The molecule has 1 saturated carbocycles. The summed E-state index contributed by atoms with van der Waals surface area (Å²) in [7, 11) is 1.30. The normalized spacial score (nSPS) is 31.8. The van der Waals surface area contributed by atoms with Crippen molar-refractivity contribution in [2.45, 2.75) is 67.6 Å². The highest BCUT2D eigenvalue weighted by atomic mass is 16.5. The Kier molecular flexibility index (Phi) is 10.3. The summed E-state index contributed by atoms with van der Waals surface area (Å²) in [5.74, 6) is -1.55. The first-order valence-corrected chi connectivity index (χ1v) is 14.9. The molecule has 45 heavy (non-hydrogen) atoms. The van der Waals surface area contributed by atoms with E-state index in [2.05, 4.69) is 0 Å². The van der Waals surface area contributed by atoms with E-state index in [9.17, 15) is 45.6 Å². The average molecular weight is 625 g/mol. The fraction of sp³-hybridized carbons (Fsp3) is 0.441. The lowest BCUT2D eigenvalue weighted by Gasteiger charge is -2.40. The van der Waals surface area contributed by atoms with Crippen molar-refractivity contribution < 1.29 is 55.1 Å². The number of ether oxygens (including phenoxy) is 2. The molecule has 0 radical (unpaired) electrons. The van der Waals surface area contributed by atoms with Crippen LogP contribution in [0.15, 0.2) is 66.7 Å². The smallest absolute Gasteiger partial charge is 0.310 e. The van der Waals surface area contributed by atoms with Gasteiger partial charge in [-0.25, -0.2) is 0 Å². The summed E-state index contributed by atoms with van der Waals surface area (Å²) in [6, 6.07) is 20.0. The van der Waals surface area contributed by atoms with E-state index in [1.807, 2.05) is 48.5 Å². The highest BCUT2D eigenvalue weighted by Gasteiger charge is 2.44. The van der Waals surface area contributed by atoms with Crippen LogP contribution in [0.5, 0.6) is 0 Å². The van der Waals surface area contributed by atoms with Crippen molar-refractivity contribution in [2.24, 2.45) is 5.92 Å². The number of hydrogen-bond acceptors (Lipinski definition) is 11. The third-order valence-electron chi connectivity index (χ3n) is 9.12. The number of carbonyl (C=O) groups excluding carboxylic acids is 1. The minimum Gasteiger partial charge on any atom is -0.469 e. The van der Waals surface area contributed by atoms with Gasteiger partial charge in [-0.1, -0.05) is 54.6 Å². The molecule has 1 heterocycles. The standard InChI is InChI=1S/C34H40O11/c1-44-27(37)14-22-11-18(17-4-2-6-20(10-17)25-13-23(15-35)28(38)31(41)29(25)39)8-9-24(22)19-5-3-7-21(12-19)34-33(43)32(42)30(40)26(16-36)45-34/h2-12,23,25-26,28-36,38-43H,13-16H2,1H3/t23-,25-,26-,28-,29-,30-,31+,32+,33+,34-/m1/s1. The molecule has 11 nitrogen and oxygen atoms in total. The Balaban J connectivity index is 1.49. The van der Waals surface area contributed by atoms with Crippen LogP contribution in [-0.2, 0) is 20.7 Å². The summed E-state index contributed by atoms with van der Waals surface area (Å²) in [6.45, 7) is -0.867. The van der Waals surface area contributed by atoms with E-state index >= 15 is 0 Å². The van der Waals surface area contributed by atoms with E-state index < -0.39 is 73.2 Å². The Hall–Kier alpha value is -3.23. The van der Waals surface area contributed by atoms with E-state index in [0.717, 1.165) is 16.7 Å². The van der Waals surface area contributed by atoms with E-state index in [-0.39, 0.29) is 19.4 Å². The summed E-state index contributed by atoms with van der Waals surface area (Å²) in [5, 5.41) is 81.9. The van der Waals surface area contributed by atoms with E-state index in [4.69, 9.17) is 9.47 Å². The maximum atomic E-state index is 12.5. The molecular formula is C34H40O11. The fourth-order valence-corrected chi connectivity index (χ4v) is 6.48.